The van der Waals surface area contributed by atoms with Crippen LogP contribution in [0.4, 0.5) is 10.1 Å². The molecule has 40 heavy (non-hydrogen) atoms. The fraction of sp³-hybridized carbons (Fsp3) is 0.517. The van der Waals surface area contributed by atoms with Gasteiger partial charge in [-0.2, -0.15) is 10.4 Å². The molecular formula is C29H36FN7O3. The molecule has 1 amide bonds. The maximum Gasteiger partial charge on any atom is 0.255 e. The number of aliphatic hydroxyl groups is 1. The van der Waals surface area contributed by atoms with Gasteiger partial charge in [0.25, 0.3) is 5.91 Å². The van der Waals surface area contributed by atoms with Crippen LogP contribution in [-0.4, -0.2) is 87.2 Å². The molecule has 3 N–H and O–H groups in total. The van der Waals surface area contributed by atoms with E-state index in [4.69, 9.17) is 4.74 Å². The number of amides is 1. The number of pyridine rings is 1. The highest BCUT2D eigenvalue weighted by Crippen LogP contribution is 2.30. The number of aromatic nitrogens is 3. The minimum Gasteiger partial charge on any atom is -0.387 e. The lowest BCUT2D eigenvalue weighted by Gasteiger charge is -2.39. The van der Waals surface area contributed by atoms with E-state index < -0.39 is 17.7 Å². The summed E-state index contributed by atoms with van der Waals surface area (Å²) in [5.74, 6) is -0.467. The van der Waals surface area contributed by atoms with Crippen LogP contribution in [0.3, 0.4) is 0 Å². The number of carbonyl (C=O) groups is 1. The molecule has 1 saturated heterocycles. The number of ether oxygens (including phenoxy) is 1. The number of rotatable bonds is 8. The summed E-state index contributed by atoms with van der Waals surface area (Å²) in [5, 5.41) is 29.8. The predicted octanol–water partition coefficient (Wildman–Crippen LogP) is 3.16. The third-order valence-corrected chi connectivity index (χ3v) is 7.82. The number of halogens is 1. The van der Waals surface area contributed by atoms with Crippen molar-refractivity contribution in [1.82, 2.24) is 24.8 Å². The molecule has 3 atom stereocenters. The molecule has 2 fully saturated rings. The predicted molar refractivity (Wildman–Crippen MR) is 149 cm³/mol. The van der Waals surface area contributed by atoms with Crippen LogP contribution >= 0.6 is 0 Å². The summed E-state index contributed by atoms with van der Waals surface area (Å²) in [6, 6.07) is 10.0. The van der Waals surface area contributed by atoms with E-state index in [1.807, 2.05) is 18.2 Å². The molecular weight excluding hydrogens is 513 g/mol. The molecule has 3 aromatic heterocycles. The second-order valence-electron chi connectivity index (χ2n) is 11.2. The Hall–Kier alpha value is -3.59. The highest BCUT2D eigenvalue weighted by atomic mass is 19.1. The zero-order chi connectivity index (χ0) is 28.3. The summed E-state index contributed by atoms with van der Waals surface area (Å²) in [6.07, 6.45) is 5.49. The Morgan fingerprint density at radius 3 is 2.83 bits per heavy atom. The standard InChI is InChI=1S/C29H36FN7O3/c1-29(2,39)27(30)18-33-28(38)23-17-32-25(26-7-6-22-12-19(15-31)16-34-37(22)26)14-24(23)35-20-4-3-5-21(13-20)36-8-10-40-11-9-36/h6-7,12,14,16-17,20-21,27,39H,3-5,8-11,13,18H2,1-2H3,(H,32,35)(H,33,38)/t20-,21+,27+/m0/s1. The molecule has 0 spiro atoms. The summed E-state index contributed by atoms with van der Waals surface area (Å²) in [6.45, 7) is 5.79. The van der Waals surface area contributed by atoms with Crippen LogP contribution in [0.25, 0.3) is 16.9 Å². The Balaban J connectivity index is 1.42. The number of alkyl halides is 1. The zero-order valence-electron chi connectivity index (χ0n) is 22.9. The van der Waals surface area contributed by atoms with Crippen LogP contribution in [0, 0.1) is 11.3 Å². The number of fused-ring (bicyclic) bond motifs is 1. The molecule has 2 aliphatic rings. The van der Waals surface area contributed by atoms with Crippen molar-refractivity contribution in [3.8, 4) is 17.5 Å². The van der Waals surface area contributed by atoms with E-state index >= 15 is 0 Å². The fourth-order valence-corrected chi connectivity index (χ4v) is 5.47. The minimum absolute atomic E-state index is 0.147. The number of nitrogens with zero attached hydrogens (tertiary/aromatic N) is 5. The number of nitriles is 1. The molecule has 10 nitrogen and oxygen atoms in total. The quantitative estimate of drug-likeness (QED) is 0.391. The molecule has 4 heterocycles. The topological polar surface area (TPSA) is 128 Å². The van der Waals surface area contributed by atoms with E-state index in [0.717, 1.165) is 63.2 Å². The van der Waals surface area contributed by atoms with Crippen molar-refractivity contribution in [3.05, 3.63) is 47.8 Å². The Morgan fingerprint density at radius 1 is 1.27 bits per heavy atom. The lowest BCUT2D eigenvalue weighted by atomic mass is 9.89. The highest BCUT2D eigenvalue weighted by Gasteiger charge is 2.30. The fourth-order valence-electron chi connectivity index (χ4n) is 5.47. The first-order chi connectivity index (χ1) is 19.2. The van der Waals surface area contributed by atoms with Crippen molar-refractivity contribution < 1.29 is 19.0 Å². The summed E-state index contributed by atoms with van der Waals surface area (Å²) in [5.41, 5.74) is 1.89. The van der Waals surface area contributed by atoms with E-state index in [-0.39, 0.29) is 12.6 Å². The third kappa shape index (κ3) is 6.25. The number of carbonyl (C=O) groups excluding carboxylic acids is 1. The van der Waals surface area contributed by atoms with Crippen molar-refractivity contribution in [2.75, 3.05) is 38.2 Å². The summed E-state index contributed by atoms with van der Waals surface area (Å²) in [7, 11) is 0. The lowest BCUT2D eigenvalue weighted by Crippen LogP contribution is -2.47. The van der Waals surface area contributed by atoms with Gasteiger partial charge in [0.2, 0.25) is 0 Å². The van der Waals surface area contributed by atoms with Crippen molar-refractivity contribution in [1.29, 1.82) is 5.26 Å². The Kier molecular flexibility index (Phi) is 8.30. The van der Waals surface area contributed by atoms with E-state index in [2.05, 4.69) is 31.7 Å². The van der Waals surface area contributed by atoms with E-state index in [9.17, 15) is 19.6 Å². The number of hydrogen-bond acceptors (Lipinski definition) is 8. The number of anilines is 1. The van der Waals surface area contributed by atoms with Gasteiger partial charge in [0.15, 0.2) is 0 Å². The van der Waals surface area contributed by atoms with E-state index in [0.29, 0.717) is 28.6 Å². The monoisotopic (exact) mass is 549 g/mol. The van der Waals surface area contributed by atoms with Gasteiger partial charge in [-0.1, -0.05) is 0 Å². The first-order valence-corrected chi connectivity index (χ1v) is 13.8. The Labute approximate surface area is 233 Å². The summed E-state index contributed by atoms with van der Waals surface area (Å²) >= 11 is 0. The SMILES string of the molecule is CC(C)(O)[C@H](F)CNC(=O)c1cnc(-c2ccc3cc(C#N)cnn23)cc1N[C@H]1CCC[C@@H](N2CCOCC2)C1. The summed E-state index contributed by atoms with van der Waals surface area (Å²) < 4.78 is 21.6. The highest BCUT2D eigenvalue weighted by molar-refractivity contribution is 6.00. The van der Waals surface area contributed by atoms with Gasteiger partial charge in [-0.15, -0.1) is 0 Å². The smallest absolute Gasteiger partial charge is 0.255 e. The van der Waals surface area contributed by atoms with Gasteiger partial charge in [0.1, 0.15) is 12.2 Å². The number of hydrogen-bond donors (Lipinski definition) is 3. The molecule has 0 aromatic carbocycles. The second kappa shape index (κ2) is 11.9. The van der Waals surface area contributed by atoms with Crippen molar-refractivity contribution >= 4 is 17.1 Å². The van der Waals surface area contributed by atoms with Crippen molar-refractivity contribution in [2.24, 2.45) is 0 Å². The molecule has 0 unspecified atom stereocenters. The molecule has 1 saturated carbocycles. The van der Waals surface area contributed by atoms with Crippen LogP contribution in [0.5, 0.6) is 0 Å². The molecule has 3 aromatic rings. The van der Waals surface area contributed by atoms with E-state index in [1.54, 1.807) is 10.6 Å². The molecule has 212 valence electrons. The summed E-state index contributed by atoms with van der Waals surface area (Å²) in [4.78, 5) is 20.3. The van der Waals surface area contributed by atoms with Gasteiger partial charge in [0, 0.05) is 31.4 Å². The zero-order valence-corrected chi connectivity index (χ0v) is 22.9. The van der Waals surface area contributed by atoms with E-state index in [1.165, 1.54) is 26.2 Å². The van der Waals surface area contributed by atoms with Crippen LogP contribution in [0.1, 0.15) is 55.5 Å². The first kappa shape index (κ1) is 28.0. The van der Waals surface area contributed by atoms with Gasteiger partial charge in [-0.3, -0.25) is 14.7 Å². The lowest BCUT2D eigenvalue weighted by molar-refractivity contribution is -0.00178. The maximum absolute atomic E-state index is 14.4. The van der Waals surface area contributed by atoms with Gasteiger partial charge in [-0.05, 0) is 63.8 Å². The van der Waals surface area contributed by atoms with Gasteiger partial charge >= 0.3 is 0 Å². The van der Waals surface area contributed by atoms with Crippen LogP contribution in [-0.2, 0) is 4.74 Å². The largest absolute Gasteiger partial charge is 0.387 e. The second-order valence-corrected chi connectivity index (χ2v) is 11.2. The molecule has 1 aliphatic heterocycles. The molecule has 0 radical (unpaired) electrons. The average Bonchev–Trinajstić information content (AvgIpc) is 3.39. The number of morpholine rings is 1. The molecule has 11 heteroatoms. The molecule has 1 aliphatic carbocycles. The van der Waals surface area contributed by atoms with Crippen molar-refractivity contribution in [3.63, 3.8) is 0 Å². The average molecular weight is 550 g/mol. The van der Waals surface area contributed by atoms with Crippen molar-refractivity contribution in [2.45, 2.75) is 63.4 Å². The van der Waals surface area contributed by atoms with Gasteiger partial charge < -0.3 is 20.5 Å². The molecule has 0 bridgehead atoms. The Morgan fingerprint density at radius 2 is 2.08 bits per heavy atom. The van der Waals surface area contributed by atoms with Crippen LogP contribution < -0.4 is 10.6 Å². The van der Waals surface area contributed by atoms with Crippen LogP contribution in [0.2, 0.25) is 0 Å². The van der Waals surface area contributed by atoms with Crippen LogP contribution in [0.15, 0.2) is 36.7 Å². The van der Waals surface area contributed by atoms with Gasteiger partial charge in [-0.25, -0.2) is 8.91 Å². The van der Waals surface area contributed by atoms with Gasteiger partial charge in [0.05, 0.1) is 65.3 Å². The maximum atomic E-state index is 14.4. The third-order valence-electron chi connectivity index (χ3n) is 7.82. The normalized spacial score (nSPS) is 21.1. The number of nitrogens with one attached hydrogen (secondary N) is 2. The minimum atomic E-state index is -1.62. The molecule has 5 rings (SSSR count). The first-order valence-electron chi connectivity index (χ1n) is 13.8. The Bertz CT molecular complexity index is 1390.